The van der Waals surface area contributed by atoms with Crippen LogP contribution in [-0.2, 0) is 6.42 Å². The minimum atomic E-state index is 0.311. The number of halogens is 1. The van der Waals surface area contributed by atoms with Crippen LogP contribution in [0.15, 0.2) is 28.0 Å². The summed E-state index contributed by atoms with van der Waals surface area (Å²) in [6.45, 7) is 2.13. The second-order valence-corrected chi connectivity index (χ2v) is 4.08. The van der Waals surface area contributed by atoms with Crippen LogP contribution in [0.3, 0.4) is 0 Å². The second-order valence-electron chi connectivity index (χ2n) is 2.97. The average Bonchev–Trinajstić information content (AvgIpc) is 2.16. The lowest BCUT2D eigenvalue weighted by molar-refractivity contribution is 0.781. The number of aryl methyl sites for hydroxylation is 1. The van der Waals surface area contributed by atoms with Crippen molar-refractivity contribution in [1.29, 1.82) is 0 Å². The fraction of sp³-hybridized carbons (Fsp3) is 0.400. The summed E-state index contributed by atoms with van der Waals surface area (Å²) >= 11 is 4.48. The van der Waals surface area contributed by atoms with Crippen LogP contribution in [0, 0.1) is 0 Å². The highest BCUT2D eigenvalue weighted by Gasteiger charge is 2.03. The largest absolute Gasteiger partial charge is 0.160 e. The van der Waals surface area contributed by atoms with E-state index in [9.17, 15) is 3.89 Å². The summed E-state index contributed by atoms with van der Waals surface area (Å²) in [7, 11) is 0. The molecule has 0 aliphatic rings. The first-order valence-electron chi connectivity index (χ1n) is 4.38. The van der Waals surface area contributed by atoms with Gasteiger partial charge in [0.05, 0.1) is 12.1 Å². The summed E-state index contributed by atoms with van der Waals surface area (Å²) in [6.07, 6.45) is 3.20. The second kappa shape index (κ2) is 5.55. The van der Waals surface area contributed by atoms with Crippen molar-refractivity contribution in [3.8, 4) is 0 Å². The molecular formula is C10H13FS2. The van der Waals surface area contributed by atoms with Crippen molar-refractivity contribution < 1.29 is 3.89 Å². The van der Waals surface area contributed by atoms with Crippen LogP contribution in [0.5, 0.6) is 0 Å². The van der Waals surface area contributed by atoms with Gasteiger partial charge >= 0.3 is 0 Å². The average molecular weight is 216 g/mol. The molecule has 0 heterocycles. The third-order valence-electron chi connectivity index (χ3n) is 1.93. The summed E-state index contributed by atoms with van der Waals surface area (Å²) in [5.74, 6) is 0. The van der Waals surface area contributed by atoms with Gasteiger partial charge in [0.15, 0.2) is 0 Å². The van der Waals surface area contributed by atoms with Gasteiger partial charge in [0.2, 0.25) is 0 Å². The monoisotopic (exact) mass is 216 g/mol. The summed E-state index contributed by atoms with van der Waals surface area (Å²) in [4.78, 5) is 1.53. The zero-order valence-corrected chi connectivity index (χ0v) is 9.30. The highest BCUT2D eigenvalue weighted by Crippen LogP contribution is 2.27. The Morgan fingerprint density at radius 3 is 2.85 bits per heavy atom. The predicted molar refractivity (Wildman–Crippen MR) is 59.3 cm³/mol. The van der Waals surface area contributed by atoms with Crippen molar-refractivity contribution in [1.82, 2.24) is 0 Å². The lowest BCUT2D eigenvalue weighted by atomic mass is 10.1. The van der Waals surface area contributed by atoms with Gasteiger partial charge in [-0.2, -0.15) is 3.89 Å². The third kappa shape index (κ3) is 3.24. The lowest BCUT2D eigenvalue weighted by Crippen LogP contribution is -1.87. The van der Waals surface area contributed by atoms with Gasteiger partial charge < -0.3 is 0 Å². The van der Waals surface area contributed by atoms with Crippen LogP contribution in [0.4, 0.5) is 3.89 Å². The molecule has 0 unspecified atom stereocenters. The molecule has 13 heavy (non-hydrogen) atoms. The first kappa shape index (κ1) is 10.9. The molecule has 0 amide bonds. The van der Waals surface area contributed by atoms with Gasteiger partial charge in [-0.15, -0.1) is 12.6 Å². The van der Waals surface area contributed by atoms with Crippen molar-refractivity contribution in [2.75, 3.05) is 0 Å². The first-order valence-corrected chi connectivity index (χ1v) is 5.54. The normalized spacial score (nSPS) is 10.4. The quantitative estimate of drug-likeness (QED) is 0.732. The molecule has 0 saturated carbocycles. The van der Waals surface area contributed by atoms with Gasteiger partial charge in [0, 0.05) is 9.79 Å². The maximum absolute atomic E-state index is 12.5. The highest BCUT2D eigenvalue weighted by molar-refractivity contribution is 7.94. The Bertz CT molecular complexity index is 274. The van der Waals surface area contributed by atoms with E-state index in [-0.39, 0.29) is 0 Å². The van der Waals surface area contributed by atoms with Crippen LogP contribution >= 0.6 is 24.8 Å². The summed E-state index contributed by atoms with van der Waals surface area (Å²) in [5.41, 5.74) is 1.09. The van der Waals surface area contributed by atoms with Crippen molar-refractivity contribution >= 4 is 24.8 Å². The minimum absolute atomic E-state index is 0.311. The first-order chi connectivity index (χ1) is 6.27. The zero-order valence-electron chi connectivity index (χ0n) is 7.59. The van der Waals surface area contributed by atoms with E-state index in [1.807, 2.05) is 12.1 Å². The van der Waals surface area contributed by atoms with E-state index in [1.54, 1.807) is 6.07 Å². The number of rotatable bonds is 4. The standard InChI is InChI=1S/C10H13FS2/c1-2-3-4-8-5-6-9(12)7-10(8)13-11/h5-7,12H,2-4H2,1H3. The Kier molecular flexibility index (Phi) is 4.67. The molecule has 0 atom stereocenters. The molecule has 3 heteroatoms. The predicted octanol–water partition coefficient (Wildman–Crippen LogP) is 4.29. The molecule has 0 N–H and O–H groups in total. The van der Waals surface area contributed by atoms with E-state index >= 15 is 0 Å². The molecule has 0 radical (unpaired) electrons. The maximum atomic E-state index is 12.5. The number of unbranched alkanes of at least 4 members (excludes halogenated alkanes) is 1. The fourth-order valence-electron chi connectivity index (χ4n) is 1.19. The van der Waals surface area contributed by atoms with Gasteiger partial charge in [-0.25, -0.2) is 0 Å². The molecule has 0 saturated heterocycles. The smallest absolute Gasteiger partial charge is 0.0815 e. The van der Waals surface area contributed by atoms with Crippen LogP contribution in [0.1, 0.15) is 25.3 Å². The Morgan fingerprint density at radius 2 is 2.23 bits per heavy atom. The van der Waals surface area contributed by atoms with E-state index in [4.69, 9.17) is 0 Å². The van der Waals surface area contributed by atoms with E-state index in [0.717, 1.165) is 29.7 Å². The number of thiol groups is 1. The van der Waals surface area contributed by atoms with Crippen molar-refractivity contribution in [2.24, 2.45) is 0 Å². The fourth-order valence-corrected chi connectivity index (χ4v) is 1.92. The zero-order chi connectivity index (χ0) is 9.68. The van der Waals surface area contributed by atoms with E-state index in [2.05, 4.69) is 19.6 Å². The van der Waals surface area contributed by atoms with Crippen molar-refractivity contribution in [3.63, 3.8) is 0 Å². The van der Waals surface area contributed by atoms with Crippen molar-refractivity contribution in [2.45, 2.75) is 36.0 Å². The van der Waals surface area contributed by atoms with Crippen LogP contribution in [0.25, 0.3) is 0 Å². The van der Waals surface area contributed by atoms with Crippen LogP contribution in [-0.4, -0.2) is 0 Å². The molecule has 0 nitrogen and oxygen atoms in total. The summed E-state index contributed by atoms with van der Waals surface area (Å²) in [5, 5.41) is 0. The molecule has 0 aliphatic heterocycles. The molecule has 1 aromatic rings. The van der Waals surface area contributed by atoms with E-state index in [0.29, 0.717) is 17.0 Å². The number of hydrogen-bond donors (Lipinski definition) is 1. The molecule has 0 aliphatic carbocycles. The van der Waals surface area contributed by atoms with Gasteiger partial charge in [-0.3, -0.25) is 0 Å². The molecule has 1 rings (SSSR count). The SMILES string of the molecule is CCCCc1ccc(S)cc1SF. The van der Waals surface area contributed by atoms with Gasteiger partial charge in [0.1, 0.15) is 0 Å². The Morgan fingerprint density at radius 1 is 1.46 bits per heavy atom. The van der Waals surface area contributed by atoms with E-state index in [1.165, 1.54) is 0 Å². The van der Waals surface area contributed by atoms with Crippen molar-refractivity contribution in [3.05, 3.63) is 23.8 Å². The van der Waals surface area contributed by atoms with Gasteiger partial charge in [0.25, 0.3) is 0 Å². The number of hydrogen-bond acceptors (Lipinski definition) is 2. The molecule has 0 aromatic heterocycles. The third-order valence-corrected chi connectivity index (χ3v) is 2.76. The molecule has 72 valence electrons. The molecule has 0 bridgehead atoms. The molecular weight excluding hydrogens is 203 g/mol. The molecule has 0 fully saturated rings. The topological polar surface area (TPSA) is 0 Å². The molecule has 1 aromatic carbocycles. The minimum Gasteiger partial charge on any atom is -0.160 e. The van der Waals surface area contributed by atoms with Gasteiger partial charge in [-0.1, -0.05) is 19.4 Å². The van der Waals surface area contributed by atoms with Crippen LogP contribution in [0.2, 0.25) is 0 Å². The number of benzene rings is 1. The Labute approximate surface area is 88.6 Å². The Hall–Kier alpha value is -0.150. The van der Waals surface area contributed by atoms with Crippen LogP contribution < -0.4 is 0 Å². The van der Waals surface area contributed by atoms with E-state index < -0.39 is 0 Å². The Balaban J connectivity index is 2.79. The lowest BCUT2D eigenvalue weighted by Gasteiger charge is -2.04. The van der Waals surface area contributed by atoms with Gasteiger partial charge in [-0.05, 0) is 30.5 Å². The highest BCUT2D eigenvalue weighted by atomic mass is 32.2. The molecule has 0 spiro atoms. The summed E-state index contributed by atoms with van der Waals surface area (Å²) in [6, 6.07) is 5.65. The maximum Gasteiger partial charge on any atom is 0.0815 e. The summed E-state index contributed by atoms with van der Waals surface area (Å²) < 4.78 is 12.5.